The summed E-state index contributed by atoms with van der Waals surface area (Å²) in [5.74, 6) is -0.964. The van der Waals surface area contributed by atoms with E-state index in [9.17, 15) is 9.59 Å². The van der Waals surface area contributed by atoms with E-state index in [0.29, 0.717) is 19.6 Å². The number of carboxylic acids is 1. The van der Waals surface area contributed by atoms with Gasteiger partial charge in [-0.2, -0.15) is 0 Å². The smallest absolute Gasteiger partial charge is 0.309 e. The molecule has 0 atom stereocenters. The van der Waals surface area contributed by atoms with E-state index in [0.717, 1.165) is 19.4 Å². The van der Waals surface area contributed by atoms with Gasteiger partial charge in [0.2, 0.25) is 5.91 Å². The highest BCUT2D eigenvalue weighted by Crippen LogP contribution is 2.15. The third kappa shape index (κ3) is 3.48. The lowest BCUT2D eigenvalue weighted by atomic mass is 10.0. The van der Waals surface area contributed by atoms with E-state index in [-0.39, 0.29) is 11.8 Å². The number of aliphatic carboxylic acids is 1. The molecule has 0 aliphatic carbocycles. The van der Waals surface area contributed by atoms with Crippen LogP contribution in [0.15, 0.2) is 0 Å². The molecule has 92 valence electrons. The Morgan fingerprint density at radius 2 is 2.06 bits per heavy atom. The first-order valence-electron chi connectivity index (χ1n) is 5.73. The van der Waals surface area contributed by atoms with E-state index in [1.165, 1.54) is 0 Å². The predicted molar refractivity (Wildman–Crippen MR) is 60.1 cm³/mol. The number of nitrogens with zero attached hydrogens (tertiary/aromatic N) is 2. The molecule has 5 heteroatoms. The molecule has 0 aromatic rings. The Morgan fingerprint density at radius 1 is 1.44 bits per heavy atom. The van der Waals surface area contributed by atoms with Crippen LogP contribution >= 0.6 is 0 Å². The Bertz CT molecular complexity index is 262. The summed E-state index contributed by atoms with van der Waals surface area (Å²) in [6.45, 7) is 4.23. The molecule has 1 amide bonds. The molecule has 0 radical (unpaired) electrons. The Balaban J connectivity index is 2.18. The highest BCUT2D eigenvalue weighted by molar-refractivity contribution is 5.78. The summed E-state index contributed by atoms with van der Waals surface area (Å²) in [5.41, 5.74) is 0. The zero-order valence-corrected chi connectivity index (χ0v) is 9.98. The first-order valence-corrected chi connectivity index (χ1v) is 5.73. The van der Waals surface area contributed by atoms with Crippen molar-refractivity contribution in [1.29, 1.82) is 0 Å². The van der Waals surface area contributed by atoms with Crippen molar-refractivity contribution in [1.82, 2.24) is 9.80 Å². The van der Waals surface area contributed by atoms with E-state index in [1.807, 2.05) is 4.90 Å². The van der Waals surface area contributed by atoms with Gasteiger partial charge in [-0.05, 0) is 6.42 Å². The monoisotopic (exact) mass is 228 g/mol. The van der Waals surface area contributed by atoms with Crippen molar-refractivity contribution in [3.05, 3.63) is 0 Å². The molecule has 0 bridgehead atoms. The van der Waals surface area contributed by atoms with Crippen LogP contribution in [-0.4, -0.2) is 60.0 Å². The van der Waals surface area contributed by atoms with Crippen LogP contribution in [0.1, 0.15) is 19.8 Å². The van der Waals surface area contributed by atoms with Crippen molar-refractivity contribution >= 4 is 11.9 Å². The maximum atomic E-state index is 11.7. The number of rotatable bonds is 6. The fourth-order valence-corrected chi connectivity index (χ4v) is 1.69. The van der Waals surface area contributed by atoms with Crippen molar-refractivity contribution in [3.63, 3.8) is 0 Å². The first kappa shape index (κ1) is 13.0. The fraction of sp³-hybridized carbons (Fsp3) is 0.818. The van der Waals surface area contributed by atoms with Crippen molar-refractivity contribution in [3.8, 4) is 0 Å². The average molecular weight is 228 g/mol. The second-order valence-corrected chi connectivity index (χ2v) is 4.40. The quantitative estimate of drug-likeness (QED) is 0.708. The number of carbonyl (C=O) groups is 2. The van der Waals surface area contributed by atoms with Crippen LogP contribution in [0.4, 0.5) is 0 Å². The Hall–Kier alpha value is -1.10. The molecular formula is C11H20N2O3. The minimum Gasteiger partial charge on any atom is -0.481 e. The molecule has 0 aromatic carbocycles. The summed E-state index contributed by atoms with van der Waals surface area (Å²) in [6.07, 6.45) is 2.09. The fourth-order valence-electron chi connectivity index (χ4n) is 1.69. The Morgan fingerprint density at radius 3 is 2.56 bits per heavy atom. The van der Waals surface area contributed by atoms with Crippen LogP contribution in [-0.2, 0) is 9.59 Å². The minimum atomic E-state index is -0.761. The first-order chi connectivity index (χ1) is 7.54. The van der Waals surface area contributed by atoms with Crippen molar-refractivity contribution in [2.24, 2.45) is 5.92 Å². The van der Waals surface area contributed by atoms with Gasteiger partial charge in [-0.25, -0.2) is 0 Å². The number of unbranched alkanes of at least 4 members (excludes halogenated alkanes) is 1. The van der Waals surface area contributed by atoms with Gasteiger partial charge in [0.1, 0.15) is 0 Å². The molecule has 1 fully saturated rings. The van der Waals surface area contributed by atoms with E-state index in [1.54, 1.807) is 11.9 Å². The normalized spacial score (nSPS) is 16.9. The van der Waals surface area contributed by atoms with Gasteiger partial charge in [-0.3, -0.25) is 14.5 Å². The van der Waals surface area contributed by atoms with Gasteiger partial charge in [0.05, 0.1) is 12.5 Å². The molecular weight excluding hydrogens is 208 g/mol. The van der Waals surface area contributed by atoms with Gasteiger partial charge in [0.15, 0.2) is 0 Å². The number of likely N-dealkylation sites (N-methyl/N-ethyl adjacent to an activating group) is 1. The van der Waals surface area contributed by atoms with Crippen molar-refractivity contribution in [2.45, 2.75) is 19.8 Å². The molecule has 5 nitrogen and oxygen atoms in total. The number of hydrogen-bond acceptors (Lipinski definition) is 3. The molecule has 0 spiro atoms. The number of amides is 1. The summed E-state index contributed by atoms with van der Waals surface area (Å²) in [6, 6.07) is 0. The predicted octanol–water partition coefficient (Wildman–Crippen LogP) is 0.261. The van der Waals surface area contributed by atoms with Crippen LogP contribution in [0, 0.1) is 5.92 Å². The molecule has 1 rings (SSSR count). The zero-order chi connectivity index (χ0) is 12.1. The average Bonchev–Trinajstić information content (AvgIpc) is 2.18. The van der Waals surface area contributed by atoms with Gasteiger partial charge in [-0.15, -0.1) is 0 Å². The number of carboxylic acid groups (broad SMARTS) is 1. The number of hydrogen-bond donors (Lipinski definition) is 1. The largest absolute Gasteiger partial charge is 0.481 e. The van der Waals surface area contributed by atoms with Gasteiger partial charge in [-0.1, -0.05) is 13.3 Å². The lowest BCUT2D eigenvalue weighted by Gasteiger charge is -2.36. The highest BCUT2D eigenvalue weighted by Gasteiger charge is 2.33. The maximum Gasteiger partial charge on any atom is 0.309 e. The van der Waals surface area contributed by atoms with Crippen LogP contribution in [0.25, 0.3) is 0 Å². The number of carbonyl (C=O) groups excluding carboxylic acids is 1. The maximum absolute atomic E-state index is 11.7. The molecule has 1 aliphatic rings. The van der Waals surface area contributed by atoms with Crippen molar-refractivity contribution in [2.75, 3.05) is 33.2 Å². The third-order valence-corrected chi connectivity index (χ3v) is 2.94. The molecule has 1 N–H and O–H groups in total. The van der Waals surface area contributed by atoms with E-state index in [4.69, 9.17) is 5.11 Å². The van der Waals surface area contributed by atoms with Crippen LogP contribution in [0.3, 0.4) is 0 Å². The Labute approximate surface area is 96.0 Å². The van der Waals surface area contributed by atoms with Crippen LogP contribution in [0.5, 0.6) is 0 Å². The van der Waals surface area contributed by atoms with Crippen LogP contribution < -0.4 is 0 Å². The molecule has 1 heterocycles. The lowest BCUT2D eigenvalue weighted by Crippen LogP contribution is -2.53. The lowest BCUT2D eigenvalue weighted by molar-refractivity contribution is -0.149. The second kappa shape index (κ2) is 5.84. The summed E-state index contributed by atoms with van der Waals surface area (Å²) >= 11 is 0. The Kier molecular flexibility index (Phi) is 4.73. The van der Waals surface area contributed by atoms with Gasteiger partial charge in [0, 0.05) is 26.7 Å². The topological polar surface area (TPSA) is 60.9 Å². The van der Waals surface area contributed by atoms with Gasteiger partial charge >= 0.3 is 5.97 Å². The molecule has 0 saturated carbocycles. The summed E-state index contributed by atoms with van der Waals surface area (Å²) < 4.78 is 0. The SMILES string of the molecule is CCCCN(C)C(=O)CN1CC(C(=O)O)C1. The number of likely N-dealkylation sites (tertiary alicyclic amines) is 1. The molecule has 1 saturated heterocycles. The standard InChI is InChI=1S/C11H20N2O3/c1-3-4-5-12(2)10(14)8-13-6-9(7-13)11(15)16/h9H,3-8H2,1-2H3,(H,15,16). The highest BCUT2D eigenvalue weighted by atomic mass is 16.4. The minimum absolute atomic E-state index is 0.0808. The summed E-state index contributed by atoms with van der Waals surface area (Å²) in [7, 11) is 1.80. The summed E-state index contributed by atoms with van der Waals surface area (Å²) in [5, 5.41) is 8.69. The van der Waals surface area contributed by atoms with E-state index >= 15 is 0 Å². The van der Waals surface area contributed by atoms with E-state index in [2.05, 4.69) is 6.92 Å². The molecule has 0 unspecified atom stereocenters. The van der Waals surface area contributed by atoms with Gasteiger partial charge in [0.25, 0.3) is 0 Å². The van der Waals surface area contributed by atoms with E-state index < -0.39 is 5.97 Å². The third-order valence-electron chi connectivity index (χ3n) is 2.94. The summed E-state index contributed by atoms with van der Waals surface area (Å²) in [4.78, 5) is 25.8. The molecule has 0 aromatic heterocycles. The second-order valence-electron chi connectivity index (χ2n) is 4.40. The zero-order valence-electron chi connectivity index (χ0n) is 9.98. The van der Waals surface area contributed by atoms with Crippen LogP contribution in [0.2, 0.25) is 0 Å². The van der Waals surface area contributed by atoms with Gasteiger partial charge < -0.3 is 10.0 Å². The van der Waals surface area contributed by atoms with Crippen molar-refractivity contribution < 1.29 is 14.7 Å². The molecule has 1 aliphatic heterocycles. The molecule has 16 heavy (non-hydrogen) atoms.